The monoisotopic (exact) mass is 368 g/mol. The van der Waals surface area contributed by atoms with E-state index < -0.39 is 5.60 Å². The molecule has 21 heavy (non-hydrogen) atoms. The SMILES string of the molecule is NC(=S)c1c(Br)cccc1N1CCC2(O)CCCCC2C1. The number of halogens is 1. The fourth-order valence-corrected chi connectivity index (χ4v) is 4.72. The van der Waals surface area contributed by atoms with E-state index in [2.05, 4.69) is 26.9 Å². The molecule has 0 spiro atoms. The first-order valence-corrected chi connectivity index (χ1v) is 8.77. The van der Waals surface area contributed by atoms with Crippen LogP contribution >= 0.6 is 28.1 Å². The maximum atomic E-state index is 10.8. The Balaban J connectivity index is 1.89. The molecule has 2 unspecified atom stereocenters. The van der Waals surface area contributed by atoms with Crippen LogP contribution in [0.2, 0.25) is 0 Å². The fourth-order valence-electron chi connectivity index (χ4n) is 3.81. The van der Waals surface area contributed by atoms with Crippen LogP contribution < -0.4 is 10.6 Å². The van der Waals surface area contributed by atoms with E-state index in [0.29, 0.717) is 10.9 Å². The molecule has 0 radical (unpaired) electrons. The average molecular weight is 369 g/mol. The first kappa shape index (κ1) is 15.3. The molecule has 2 atom stereocenters. The molecule has 3 rings (SSSR count). The highest BCUT2D eigenvalue weighted by molar-refractivity contribution is 9.10. The van der Waals surface area contributed by atoms with E-state index in [1.165, 1.54) is 6.42 Å². The molecule has 2 aliphatic rings. The van der Waals surface area contributed by atoms with E-state index in [0.717, 1.165) is 54.5 Å². The van der Waals surface area contributed by atoms with Crippen molar-refractivity contribution >= 4 is 38.8 Å². The van der Waals surface area contributed by atoms with Gasteiger partial charge < -0.3 is 15.7 Å². The molecular formula is C16H21BrN2OS. The Kier molecular flexibility index (Phi) is 4.26. The zero-order chi connectivity index (χ0) is 15.0. The summed E-state index contributed by atoms with van der Waals surface area (Å²) in [6.45, 7) is 1.75. The van der Waals surface area contributed by atoms with Crippen LogP contribution in [0.4, 0.5) is 5.69 Å². The van der Waals surface area contributed by atoms with E-state index in [1.807, 2.05) is 12.1 Å². The smallest absolute Gasteiger partial charge is 0.107 e. The minimum Gasteiger partial charge on any atom is -0.389 e. The van der Waals surface area contributed by atoms with Crippen LogP contribution in [0.3, 0.4) is 0 Å². The molecule has 0 aromatic heterocycles. The van der Waals surface area contributed by atoms with Crippen molar-refractivity contribution in [2.24, 2.45) is 11.7 Å². The second-order valence-electron chi connectivity index (χ2n) is 6.24. The summed E-state index contributed by atoms with van der Waals surface area (Å²) in [6.07, 6.45) is 5.28. The number of rotatable bonds is 2. The van der Waals surface area contributed by atoms with Crippen molar-refractivity contribution in [3.05, 3.63) is 28.2 Å². The summed E-state index contributed by atoms with van der Waals surface area (Å²) in [7, 11) is 0. The molecule has 5 heteroatoms. The van der Waals surface area contributed by atoms with Gasteiger partial charge in [0, 0.05) is 34.7 Å². The molecule has 1 aliphatic carbocycles. The van der Waals surface area contributed by atoms with Crippen molar-refractivity contribution in [2.75, 3.05) is 18.0 Å². The third kappa shape index (κ3) is 2.83. The first-order valence-electron chi connectivity index (χ1n) is 7.57. The number of hydrogen-bond donors (Lipinski definition) is 2. The molecule has 0 amide bonds. The number of piperidine rings is 1. The van der Waals surface area contributed by atoms with Gasteiger partial charge in [-0.2, -0.15) is 0 Å². The summed E-state index contributed by atoms with van der Waals surface area (Å²) in [5.74, 6) is 0.359. The van der Waals surface area contributed by atoms with Gasteiger partial charge in [0.15, 0.2) is 0 Å². The average Bonchev–Trinajstić information content (AvgIpc) is 2.45. The zero-order valence-corrected chi connectivity index (χ0v) is 14.4. The van der Waals surface area contributed by atoms with E-state index in [9.17, 15) is 5.11 Å². The van der Waals surface area contributed by atoms with Gasteiger partial charge in [0.05, 0.1) is 5.60 Å². The van der Waals surface area contributed by atoms with E-state index >= 15 is 0 Å². The largest absolute Gasteiger partial charge is 0.389 e. The molecule has 1 aromatic carbocycles. The number of nitrogens with two attached hydrogens (primary N) is 1. The van der Waals surface area contributed by atoms with Gasteiger partial charge in [-0.15, -0.1) is 0 Å². The number of hydrogen-bond acceptors (Lipinski definition) is 3. The normalized spacial score (nSPS) is 29.0. The molecule has 114 valence electrons. The van der Waals surface area contributed by atoms with Gasteiger partial charge in [-0.05, 0) is 47.3 Å². The molecule has 1 heterocycles. The summed E-state index contributed by atoms with van der Waals surface area (Å²) >= 11 is 8.77. The van der Waals surface area contributed by atoms with E-state index in [-0.39, 0.29) is 0 Å². The number of nitrogens with zero attached hydrogens (tertiary/aromatic N) is 1. The predicted octanol–water partition coefficient (Wildman–Crippen LogP) is 3.21. The standard InChI is InChI=1S/C16H21BrN2OS/c17-12-5-3-6-13(14(12)15(18)21)19-9-8-16(20)7-2-1-4-11(16)10-19/h3,5-6,11,20H,1-2,4,7-10H2,(H2,18,21). The Bertz CT molecular complexity index is 565. The number of aliphatic hydroxyl groups is 1. The summed E-state index contributed by atoms with van der Waals surface area (Å²) in [4.78, 5) is 2.76. The lowest BCUT2D eigenvalue weighted by molar-refractivity contribution is -0.0612. The van der Waals surface area contributed by atoms with Crippen molar-refractivity contribution < 1.29 is 5.11 Å². The molecule has 3 N–H and O–H groups in total. The van der Waals surface area contributed by atoms with Crippen molar-refractivity contribution in [2.45, 2.75) is 37.7 Å². The van der Waals surface area contributed by atoms with Gasteiger partial charge in [-0.1, -0.05) is 31.1 Å². The van der Waals surface area contributed by atoms with Gasteiger partial charge in [0.2, 0.25) is 0 Å². The minimum atomic E-state index is -0.454. The molecular weight excluding hydrogens is 348 g/mol. The Morgan fingerprint density at radius 2 is 2.19 bits per heavy atom. The second kappa shape index (κ2) is 5.86. The fraction of sp³-hybridized carbons (Fsp3) is 0.562. The van der Waals surface area contributed by atoms with Gasteiger partial charge in [0.1, 0.15) is 4.99 Å². The summed E-state index contributed by atoms with van der Waals surface area (Å²) in [5.41, 5.74) is 7.45. The van der Waals surface area contributed by atoms with Crippen LogP contribution in [0.15, 0.2) is 22.7 Å². The van der Waals surface area contributed by atoms with Crippen LogP contribution in [0.1, 0.15) is 37.7 Å². The van der Waals surface area contributed by atoms with Crippen LogP contribution in [0.5, 0.6) is 0 Å². The Morgan fingerprint density at radius 1 is 1.38 bits per heavy atom. The Labute approximate surface area is 139 Å². The van der Waals surface area contributed by atoms with Crippen molar-refractivity contribution in [3.63, 3.8) is 0 Å². The van der Waals surface area contributed by atoms with Gasteiger partial charge in [0.25, 0.3) is 0 Å². The Hall–Kier alpha value is -0.650. The molecule has 1 aromatic rings. The van der Waals surface area contributed by atoms with Gasteiger partial charge in [-0.25, -0.2) is 0 Å². The number of fused-ring (bicyclic) bond motifs is 1. The van der Waals surface area contributed by atoms with Crippen molar-refractivity contribution in [1.29, 1.82) is 0 Å². The Morgan fingerprint density at radius 3 is 2.95 bits per heavy atom. The third-order valence-electron chi connectivity index (χ3n) is 5.01. The highest BCUT2D eigenvalue weighted by atomic mass is 79.9. The summed E-state index contributed by atoms with van der Waals surface area (Å²) < 4.78 is 0.942. The van der Waals surface area contributed by atoms with Crippen LogP contribution in [-0.2, 0) is 0 Å². The first-order chi connectivity index (χ1) is 10.0. The lowest BCUT2D eigenvalue weighted by Gasteiger charge is -2.48. The number of benzene rings is 1. The summed E-state index contributed by atoms with van der Waals surface area (Å²) in [6, 6.07) is 6.06. The quantitative estimate of drug-likeness (QED) is 0.786. The molecule has 3 nitrogen and oxygen atoms in total. The van der Waals surface area contributed by atoms with Gasteiger partial charge in [-0.3, -0.25) is 0 Å². The predicted molar refractivity (Wildman–Crippen MR) is 93.8 cm³/mol. The molecule has 2 fully saturated rings. The van der Waals surface area contributed by atoms with E-state index in [1.54, 1.807) is 0 Å². The highest BCUT2D eigenvalue weighted by Gasteiger charge is 2.43. The number of anilines is 1. The van der Waals surface area contributed by atoms with Crippen molar-refractivity contribution in [3.8, 4) is 0 Å². The lowest BCUT2D eigenvalue weighted by atomic mass is 9.71. The zero-order valence-electron chi connectivity index (χ0n) is 12.0. The maximum absolute atomic E-state index is 10.8. The minimum absolute atomic E-state index is 0.359. The van der Waals surface area contributed by atoms with E-state index in [4.69, 9.17) is 18.0 Å². The molecule has 1 saturated carbocycles. The van der Waals surface area contributed by atoms with Crippen LogP contribution in [0.25, 0.3) is 0 Å². The van der Waals surface area contributed by atoms with Crippen LogP contribution in [0, 0.1) is 5.92 Å². The maximum Gasteiger partial charge on any atom is 0.107 e. The molecule has 1 saturated heterocycles. The second-order valence-corrected chi connectivity index (χ2v) is 7.53. The number of thiocarbonyl (C=S) groups is 1. The highest BCUT2D eigenvalue weighted by Crippen LogP contribution is 2.41. The lowest BCUT2D eigenvalue weighted by Crippen LogP contribution is -2.53. The molecule has 1 aliphatic heterocycles. The van der Waals surface area contributed by atoms with Crippen LogP contribution in [-0.4, -0.2) is 28.8 Å². The topological polar surface area (TPSA) is 49.5 Å². The van der Waals surface area contributed by atoms with Gasteiger partial charge >= 0.3 is 0 Å². The third-order valence-corrected chi connectivity index (χ3v) is 5.87. The van der Waals surface area contributed by atoms with Crippen molar-refractivity contribution in [1.82, 2.24) is 0 Å². The summed E-state index contributed by atoms with van der Waals surface area (Å²) in [5, 5.41) is 10.8. The molecule has 0 bridgehead atoms.